The molecule has 1 fully saturated rings. The van der Waals surface area contributed by atoms with E-state index < -0.39 is 0 Å². The Labute approximate surface area is 146 Å². The maximum atomic E-state index is 5.69. The number of hydrogen-bond acceptors (Lipinski definition) is 6. The van der Waals surface area contributed by atoms with Gasteiger partial charge in [-0.1, -0.05) is 29.7 Å². The third-order valence-electron chi connectivity index (χ3n) is 4.63. The number of rotatable bonds is 6. The van der Waals surface area contributed by atoms with Crippen LogP contribution in [0.25, 0.3) is 5.69 Å². The SMILES string of the molecule is c1ccc(-n2nnnc2NC[C@H](c2ccco2)N2CCCCC2)cc1. The van der Waals surface area contributed by atoms with Crippen molar-refractivity contribution >= 4 is 5.95 Å². The molecular formula is C18H22N6O. The number of para-hydroxylation sites is 1. The number of aromatic nitrogens is 4. The number of benzene rings is 1. The van der Waals surface area contributed by atoms with E-state index in [0.717, 1.165) is 24.5 Å². The van der Waals surface area contributed by atoms with Gasteiger partial charge in [-0.25, -0.2) is 0 Å². The monoisotopic (exact) mass is 338 g/mol. The number of nitrogens with one attached hydrogen (secondary N) is 1. The van der Waals surface area contributed by atoms with Crippen LogP contribution in [0.4, 0.5) is 5.95 Å². The zero-order valence-electron chi connectivity index (χ0n) is 14.1. The van der Waals surface area contributed by atoms with Gasteiger partial charge in [-0.2, -0.15) is 4.68 Å². The Kier molecular flexibility index (Phi) is 4.74. The van der Waals surface area contributed by atoms with Crippen molar-refractivity contribution in [2.24, 2.45) is 0 Å². The first kappa shape index (κ1) is 15.8. The summed E-state index contributed by atoms with van der Waals surface area (Å²) in [6, 6.07) is 14.1. The molecule has 2 aromatic heterocycles. The van der Waals surface area contributed by atoms with E-state index in [-0.39, 0.29) is 6.04 Å². The van der Waals surface area contributed by atoms with Gasteiger partial charge in [0.15, 0.2) is 0 Å². The van der Waals surface area contributed by atoms with Crippen molar-refractivity contribution < 1.29 is 4.42 Å². The maximum absolute atomic E-state index is 5.69. The normalized spacial score (nSPS) is 16.6. The van der Waals surface area contributed by atoms with Crippen LogP contribution in [-0.2, 0) is 0 Å². The predicted molar refractivity (Wildman–Crippen MR) is 94.5 cm³/mol. The number of furan rings is 1. The number of hydrogen-bond donors (Lipinski definition) is 1. The second kappa shape index (κ2) is 7.48. The molecule has 1 atom stereocenters. The molecule has 130 valence electrons. The molecule has 0 spiro atoms. The van der Waals surface area contributed by atoms with E-state index in [9.17, 15) is 0 Å². The highest BCUT2D eigenvalue weighted by molar-refractivity contribution is 5.38. The largest absolute Gasteiger partial charge is 0.468 e. The van der Waals surface area contributed by atoms with Crippen LogP contribution in [0.1, 0.15) is 31.1 Å². The van der Waals surface area contributed by atoms with Crippen LogP contribution < -0.4 is 5.32 Å². The minimum atomic E-state index is 0.177. The van der Waals surface area contributed by atoms with Gasteiger partial charge in [0.1, 0.15) is 5.76 Å². The van der Waals surface area contributed by atoms with Gasteiger partial charge < -0.3 is 9.73 Å². The van der Waals surface area contributed by atoms with Crippen LogP contribution >= 0.6 is 0 Å². The van der Waals surface area contributed by atoms with Crippen LogP contribution in [0.15, 0.2) is 53.1 Å². The van der Waals surface area contributed by atoms with E-state index in [4.69, 9.17) is 4.42 Å². The molecule has 7 nitrogen and oxygen atoms in total. The van der Waals surface area contributed by atoms with Crippen LogP contribution in [0.2, 0.25) is 0 Å². The van der Waals surface area contributed by atoms with Crippen LogP contribution in [0, 0.1) is 0 Å². The molecule has 1 aliphatic heterocycles. The van der Waals surface area contributed by atoms with E-state index in [0.29, 0.717) is 12.5 Å². The Bertz CT molecular complexity index is 764. The lowest BCUT2D eigenvalue weighted by Crippen LogP contribution is -2.37. The summed E-state index contributed by atoms with van der Waals surface area (Å²) < 4.78 is 7.41. The molecule has 4 rings (SSSR count). The van der Waals surface area contributed by atoms with Crippen molar-refractivity contribution in [3.63, 3.8) is 0 Å². The van der Waals surface area contributed by atoms with Gasteiger partial charge in [0.05, 0.1) is 18.0 Å². The molecule has 1 aromatic carbocycles. The first-order chi connectivity index (χ1) is 12.4. The molecule has 0 saturated carbocycles. The Hall–Kier alpha value is -2.67. The van der Waals surface area contributed by atoms with Gasteiger partial charge in [0, 0.05) is 6.54 Å². The van der Waals surface area contributed by atoms with Gasteiger partial charge >= 0.3 is 0 Å². The lowest BCUT2D eigenvalue weighted by molar-refractivity contribution is 0.152. The molecule has 1 N–H and O–H groups in total. The van der Waals surface area contributed by atoms with Gasteiger partial charge in [-0.05, 0) is 60.6 Å². The fraction of sp³-hybridized carbons (Fsp3) is 0.389. The first-order valence-corrected chi connectivity index (χ1v) is 8.77. The summed E-state index contributed by atoms with van der Waals surface area (Å²) in [6.45, 7) is 2.88. The molecule has 1 aliphatic rings. The summed E-state index contributed by atoms with van der Waals surface area (Å²) in [5, 5.41) is 15.4. The second-order valence-corrected chi connectivity index (χ2v) is 6.26. The molecule has 0 unspecified atom stereocenters. The van der Waals surface area contributed by atoms with E-state index >= 15 is 0 Å². The third kappa shape index (κ3) is 3.56. The minimum Gasteiger partial charge on any atom is -0.468 e. The Morgan fingerprint density at radius 2 is 1.88 bits per heavy atom. The average Bonchev–Trinajstić information content (AvgIpc) is 3.36. The molecule has 0 aliphatic carbocycles. The van der Waals surface area contributed by atoms with Crippen molar-refractivity contribution in [3.05, 3.63) is 54.5 Å². The molecule has 3 heterocycles. The summed E-state index contributed by atoms with van der Waals surface area (Å²) >= 11 is 0. The standard InChI is InChI=1S/C18H22N6O/c1-3-8-15(9-4-1)24-18(20-21-22-24)19-14-16(17-10-7-13-25-17)23-11-5-2-6-12-23/h1,3-4,7-10,13,16H,2,5-6,11-12,14H2,(H,19,20,22)/t16-/m1/s1. The zero-order chi connectivity index (χ0) is 16.9. The van der Waals surface area contributed by atoms with Crippen molar-refractivity contribution in [1.82, 2.24) is 25.1 Å². The number of tetrazole rings is 1. The number of nitrogens with zero attached hydrogens (tertiary/aromatic N) is 5. The molecular weight excluding hydrogens is 316 g/mol. The summed E-state index contributed by atoms with van der Waals surface area (Å²) in [7, 11) is 0. The average molecular weight is 338 g/mol. The van der Waals surface area contributed by atoms with Gasteiger partial charge in [0.2, 0.25) is 5.95 Å². The molecule has 1 saturated heterocycles. The molecule has 0 bridgehead atoms. The Morgan fingerprint density at radius 1 is 1.04 bits per heavy atom. The summed E-state index contributed by atoms with van der Waals surface area (Å²) in [5.74, 6) is 1.62. The maximum Gasteiger partial charge on any atom is 0.247 e. The summed E-state index contributed by atoms with van der Waals surface area (Å²) in [4.78, 5) is 2.48. The van der Waals surface area contributed by atoms with Crippen molar-refractivity contribution in [1.29, 1.82) is 0 Å². The number of piperidine rings is 1. The highest BCUT2D eigenvalue weighted by Crippen LogP contribution is 2.25. The smallest absolute Gasteiger partial charge is 0.247 e. The van der Waals surface area contributed by atoms with Crippen LogP contribution in [-0.4, -0.2) is 44.7 Å². The zero-order valence-corrected chi connectivity index (χ0v) is 14.1. The van der Waals surface area contributed by atoms with Crippen LogP contribution in [0.5, 0.6) is 0 Å². The fourth-order valence-electron chi connectivity index (χ4n) is 3.35. The Balaban J connectivity index is 1.51. The lowest BCUT2D eigenvalue weighted by Gasteiger charge is -2.33. The van der Waals surface area contributed by atoms with Gasteiger partial charge in [0.25, 0.3) is 0 Å². The topological polar surface area (TPSA) is 72.0 Å². The quantitative estimate of drug-likeness (QED) is 0.745. The fourth-order valence-corrected chi connectivity index (χ4v) is 3.35. The van der Waals surface area contributed by atoms with Crippen molar-refractivity contribution in [2.75, 3.05) is 25.0 Å². The van der Waals surface area contributed by atoms with Gasteiger partial charge in [-0.3, -0.25) is 4.90 Å². The van der Waals surface area contributed by atoms with Gasteiger partial charge in [-0.15, -0.1) is 0 Å². The highest BCUT2D eigenvalue weighted by atomic mass is 16.3. The molecule has 25 heavy (non-hydrogen) atoms. The second-order valence-electron chi connectivity index (χ2n) is 6.26. The Morgan fingerprint density at radius 3 is 2.64 bits per heavy atom. The van der Waals surface area contributed by atoms with Crippen molar-refractivity contribution in [2.45, 2.75) is 25.3 Å². The van der Waals surface area contributed by atoms with E-state index in [2.05, 4.69) is 25.7 Å². The summed E-state index contributed by atoms with van der Waals surface area (Å²) in [6.07, 6.45) is 5.51. The molecule has 7 heteroatoms. The summed E-state index contributed by atoms with van der Waals surface area (Å²) in [5.41, 5.74) is 0.933. The molecule has 3 aromatic rings. The number of anilines is 1. The first-order valence-electron chi connectivity index (χ1n) is 8.77. The molecule has 0 radical (unpaired) electrons. The van der Waals surface area contributed by atoms with Crippen molar-refractivity contribution in [3.8, 4) is 5.69 Å². The van der Waals surface area contributed by atoms with E-state index in [1.807, 2.05) is 42.5 Å². The molecule has 0 amide bonds. The third-order valence-corrected chi connectivity index (χ3v) is 4.63. The van der Waals surface area contributed by atoms with E-state index in [1.54, 1.807) is 10.9 Å². The lowest BCUT2D eigenvalue weighted by atomic mass is 10.1. The minimum absolute atomic E-state index is 0.177. The van der Waals surface area contributed by atoms with Crippen LogP contribution in [0.3, 0.4) is 0 Å². The highest BCUT2D eigenvalue weighted by Gasteiger charge is 2.25. The number of likely N-dealkylation sites (tertiary alicyclic amines) is 1. The van der Waals surface area contributed by atoms with E-state index in [1.165, 1.54) is 19.3 Å². The predicted octanol–water partition coefficient (Wildman–Crippen LogP) is 2.89.